The topological polar surface area (TPSA) is 76.8 Å². The van der Waals surface area contributed by atoms with Crippen molar-refractivity contribution in [2.45, 2.75) is 0 Å². The molecular formula is C14H10FeO4. The SMILES string of the molecule is O=C/C=C/C=C/c1ccccc1.[C-]#[O+].[C-]#[O+].[C-]#[O+].[Fe]. The molecule has 98 valence electrons. The fourth-order valence-electron chi connectivity index (χ4n) is 0.840. The van der Waals surface area contributed by atoms with Crippen LogP contribution in [-0.4, -0.2) is 6.29 Å². The summed E-state index contributed by atoms with van der Waals surface area (Å²) in [6.45, 7) is 13.5. The maximum absolute atomic E-state index is 9.90. The van der Waals surface area contributed by atoms with Crippen molar-refractivity contribution in [3.8, 4) is 0 Å². The number of hydrogen-bond acceptors (Lipinski definition) is 1. The largest absolute Gasteiger partial charge is 0 e. The minimum Gasteiger partial charge on any atom is 0 e. The van der Waals surface area contributed by atoms with Gasteiger partial charge in [-0.25, -0.2) is 0 Å². The average Bonchev–Trinajstić information content (AvgIpc) is 2.51. The van der Waals surface area contributed by atoms with Crippen LogP contribution in [0.15, 0.2) is 48.6 Å². The van der Waals surface area contributed by atoms with E-state index in [1.165, 1.54) is 6.08 Å². The van der Waals surface area contributed by atoms with Crippen LogP contribution in [0.4, 0.5) is 0 Å². The van der Waals surface area contributed by atoms with Gasteiger partial charge in [-0.1, -0.05) is 48.6 Å². The second-order valence-electron chi connectivity index (χ2n) is 2.29. The van der Waals surface area contributed by atoms with Crippen molar-refractivity contribution in [3.63, 3.8) is 0 Å². The van der Waals surface area contributed by atoms with Gasteiger partial charge >= 0.3 is 33.9 Å². The van der Waals surface area contributed by atoms with Gasteiger partial charge in [-0.15, -0.1) is 0 Å². The van der Waals surface area contributed by atoms with E-state index >= 15 is 0 Å². The number of rotatable bonds is 3. The van der Waals surface area contributed by atoms with Crippen LogP contribution in [0.25, 0.3) is 6.08 Å². The van der Waals surface area contributed by atoms with Crippen molar-refractivity contribution in [3.05, 3.63) is 74.1 Å². The summed E-state index contributed by atoms with van der Waals surface area (Å²) in [4.78, 5) is 9.90. The molecule has 1 aromatic carbocycles. The Labute approximate surface area is 122 Å². The van der Waals surface area contributed by atoms with Crippen molar-refractivity contribution in [2.75, 3.05) is 0 Å². The van der Waals surface area contributed by atoms with Crippen LogP contribution in [-0.2, 0) is 35.8 Å². The Balaban J connectivity index is -0.000000142. The molecule has 0 aromatic heterocycles. The molecule has 0 heterocycles. The van der Waals surface area contributed by atoms with Gasteiger partial charge in [0.1, 0.15) is 6.29 Å². The van der Waals surface area contributed by atoms with Gasteiger partial charge in [0.05, 0.1) is 0 Å². The minimum absolute atomic E-state index is 0. The fraction of sp³-hybridized carbons (Fsp3) is 0. The molecule has 0 saturated carbocycles. The van der Waals surface area contributed by atoms with Crippen molar-refractivity contribution >= 4 is 12.4 Å². The first-order valence-corrected chi connectivity index (χ1v) is 4.38. The summed E-state index contributed by atoms with van der Waals surface area (Å²) in [5, 5.41) is 0. The summed E-state index contributed by atoms with van der Waals surface area (Å²) in [6.07, 6.45) is 7.71. The van der Waals surface area contributed by atoms with E-state index in [0.29, 0.717) is 0 Å². The maximum Gasteiger partial charge on any atom is 0 e. The van der Waals surface area contributed by atoms with Crippen LogP contribution < -0.4 is 0 Å². The van der Waals surface area contributed by atoms with Crippen molar-refractivity contribution in [1.29, 1.82) is 0 Å². The third-order valence-electron chi connectivity index (χ3n) is 1.39. The van der Waals surface area contributed by atoms with Gasteiger partial charge in [0.2, 0.25) is 0 Å². The summed E-state index contributed by atoms with van der Waals surface area (Å²) in [7, 11) is 0. The van der Waals surface area contributed by atoms with Crippen molar-refractivity contribution in [2.24, 2.45) is 0 Å². The molecule has 0 saturated heterocycles. The third kappa shape index (κ3) is 21.9. The standard InChI is InChI=1S/C11H10O.3CO.Fe/c12-10-6-2-5-9-11-7-3-1-4-8-11;3*1-2;/h1-10H;;;;/b6-2+,9-5+;;;;. The molecule has 1 aromatic rings. The zero-order valence-corrected chi connectivity index (χ0v) is 10.9. The smallest absolute Gasteiger partial charge is 0 e. The molecule has 0 amide bonds. The first kappa shape index (κ1) is 25.8. The molecule has 0 aliphatic rings. The summed E-state index contributed by atoms with van der Waals surface area (Å²) in [5.41, 5.74) is 1.13. The van der Waals surface area contributed by atoms with Gasteiger partial charge in [0.15, 0.2) is 0 Å². The molecule has 0 radical (unpaired) electrons. The predicted molar refractivity (Wildman–Crippen MR) is 62.5 cm³/mol. The van der Waals surface area contributed by atoms with Gasteiger partial charge in [-0.2, -0.15) is 0 Å². The Bertz CT molecular complexity index is 388. The Morgan fingerprint density at radius 2 is 1.26 bits per heavy atom. The van der Waals surface area contributed by atoms with Crippen LogP contribution in [0.5, 0.6) is 0 Å². The van der Waals surface area contributed by atoms with E-state index in [0.717, 1.165) is 11.8 Å². The number of benzene rings is 1. The van der Waals surface area contributed by atoms with E-state index in [-0.39, 0.29) is 17.1 Å². The van der Waals surface area contributed by atoms with Crippen LogP contribution >= 0.6 is 0 Å². The first-order chi connectivity index (χ1) is 8.93. The molecule has 0 spiro atoms. The molecule has 1 rings (SSSR count). The van der Waals surface area contributed by atoms with Gasteiger partial charge in [-0.3, -0.25) is 4.79 Å². The molecule has 0 N–H and O–H groups in total. The molecule has 19 heavy (non-hydrogen) atoms. The maximum atomic E-state index is 9.90. The monoisotopic (exact) mass is 298 g/mol. The quantitative estimate of drug-likeness (QED) is 0.211. The molecular weight excluding hydrogens is 288 g/mol. The van der Waals surface area contributed by atoms with Gasteiger partial charge in [0.25, 0.3) is 0 Å². The molecule has 0 aliphatic carbocycles. The Kier molecular flexibility index (Phi) is 40.5. The van der Waals surface area contributed by atoms with E-state index in [9.17, 15) is 4.79 Å². The number of hydrogen-bond donors (Lipinski definition) is 0. The summed E-state index contributed by atoms with van der Waals surface area (Å²) in [5.74, 6) is 0. The molecule has 0 atom stereocenters. The van der Waals surface area contributed by atoms with E-state index in [4.69, 9.17) is 14.0 Å². The Hall–Kier alpha value is -1.89. The second-order valence-corrected chi connectivity index (χ2v) is 2.29. The van der Waals surface area contributed by atoms with Crippen molar-refractivity contribution < 1.29 is 35.8 Å². The molecule has 4 nitrogen and oxygen atoms in total. The average molecular weight is 298 g/mol. The Morgan fingerprint density at radius 3 is 1.68 bits per heavy atom. The molecule has 0 unspecified atom stereocenters. The van der Waals surface area contributed by atoms with Gasteiger partial charge in [0, 0.05) is 17.1 Å². The van der Waals surface area contributed by atoms with E-state index in [2.05, 4.69) is 20.0 Å². The molecule has 0 aliphatic heterocycles. The molecule has 0 fully saturated rings. The summed E-state index contributed by atoms with van der Waals surface area (Å²) < 4.78 is 22.5. The number of aldehydes is 1. The number of allylic oxidation sites excluding steroid dienone is 3. The van der Waals surface area contributed by atoms with Crippen LogP contribution in [0, 0.1) is 20.0 Å². The van der Waals surface area contributed by atoms with Gasteiger partial charge < -0.3 is 0 Å². The number of carbonyl (C=O) groups excluding carboxylic acids is 1. The number of carbonyl (C=O) groups is 1. The van der Waals surface area contributed by atoms with Crippen LogP contribution in [0.3, 0.4) is 0 Å². The minimum atomic E-state index is 0. The zero-order valence-electron chi connectivity index (χ0n) is 9.76. The summed E-state index contributed by atoms with van der Waals surface area (Å²) in [6, 6.07) is 9.93. The van der Waals surface area contributed by atoms with Crippen LogP contribution in [0.1, 0.15) is 5.56 Å². The van der Waals surface area contributed by atoms with E-state index in [1.807, 2.05) is 42.5 Å². The van der Waals surface area contributed by atoms with E-state index in [1.54, 1.807) is 6.08 Å². The van der Waals surface area contributed by atoms with E-state index < -0.39 is 0 Å². The van der Waals surface area contributed by atoms with Crippen molar-refractivity contribution in [1.82, 2.24) is 0 Å². The zero-order chi connectivity index (χ0) is 14.6. The van der Waals surface area contributed by atoms with Gasteiger partial charge in [-0.05, 0) is 11.6 Å². The summed E-state index contributed by atoms with van der Waals surface area (Å²) >= 11 is 0. The van der Waals surface area contributed by atoms with Crippen LogP contribution in [0.2, 0.25) is 0 Å². The second kappa shape index (κ2) is 29.8. The predicted octanol–water partition coefficient (Wildman–Crippen LogP) is 2.34. The first-order valence-electron chi connectivity index (χ1n) is 4.38. The fourth-order valence-corrected chi connectivity index (χ4v) is 0.840. The molecule has 5 heteroatoms. The normalized spacial score (nSPS) is 7.26. The Morgan fingerprint density at radius 1 is 0.789 bits per heavy atom. The third-order valence-corrected chi connectivity index (χ3v) is 1.39. The molecule has 0 bridgehead atoms.